The van der Waals surface area contributed by atoms with Crippen LogP contribution in [0.25, 0.3) is 0 Å². The van der Waals surface area contributed by atoms with E-state index >= 15 is 0 Å². The average Bonchev–Trinajstić information content (AvgIpc) is 2.59. The Morgan fingerprint density at radius 1 is 1.38 bits per heavy atom. The predicted octanol–water partition coefficient (Wildman–Crippen LogP) is 0.230. The second-order valence-electron chi connectivity index (χ2n) is 4.11. The molecule has 0 aromatic rings. The first-order valence-electron chi connectivity index (χ1n) is 6.02. The topological polar surface area (TPSA) is 61.7 Å². The Labute approximate surface area is 102 Å². The van der Waals surface area contributed by atoms with E-state index in [1.54, 1.807) is 11.8 Å². The third-order valence-electron chi connectivity index (χ3n) is 2.67. The Balaban J connectivity index is 1.91. The summed E-state index contributed by atoms with van der Waals surface area (Å²) in [5.74, 6) is 1.78. The van der Waals surface area contributed by atoms with Crippen LogP contribution in [0, 0.1) is 0 Å². The lowest BCUT2D eigenvalue weighted by atomic mass is 10.2. The summed E-state index contributed by atoms with van der Waals surface area (Å²) in [4.78, 5) is 0. The third kappa shape index (κ3) is 5.01. The van der Waals surface area contributed by atoms with Gasteiger partial charge in [0.1, 0.15) is 12.2 Å². The van der Waals surface area contributed by atoms with Crippen molar-refractivity contribution >= 4 is 11.8 Å². The molecule has 1 fully saturated rings. The van der Waals surface area contributed by atoms with Crippen molar-refractivity contribution in [3.05, 3.63) is 0 Å². The van der Waals surface area contributed by atoms with Gasteiger partial charge in [-0.15, -0.1) is 0 Å². The van der Waals surface area contributed by atoms with E-state index in [2.05, 4.69) is 12.2 Å². The molecule has 3 atom stereocenters. The summed E-state index contributed by atoms with van der Waals surface area (Å²) in [5, 5.41) is 22.2. The Bertz CT molecular complexity index is 183. The summed E-state index contributed by atoms with van der Waals surface area (Å²) < 4.78 is 5.28. The maximum absolute atomic E-state index is 9.53. The lowest BCUT2D eigenvalue weighted by molar-refractivity contribution is 0.0337. The normalized spacial score (nSPS) is 29.8. The van der Waals surface area contributed by atoms with Gasteiger partial charge in [0, 0.05) is 18.1 Å². The van der Waals surface area contributed by atoms with Gasteiger partial charge >= 0.3 is 0 Å². The monoisotopic (exact) mass is 249 g/mol. The van der Waals surface area contributed by atoms with Crippen LogP contribution in [0.1, 0.15) is 19.8 Å². The number of hydrogen-bond acceptors (Lipinski definition) is 5. The van der Waals surface area contributed by atoms with Crippen LogP contribution in [-0.2, 0) is 4.74 Å². The summed E-state index contributed by atoms with van der Waals surface area (Å²) in [6, 6.07) is 0. The van der Waals surface area contributed by atoms with Crippen LogP contribution in [-0.4, -0.2) is 59.7 Å². The predicted molar refractivity (Wildman–Crippen MR) is 66.9 cm³/mol. The zero-order valence-electron chi connectivity index (χ0n) is 9.89. The molecule has 1 aliphatic rings. The summed E-state index contributed by atoms with van der Waals surface area (Å²) in [6.07, 6.45) is 0.839. The van der Waals surface area contributed by atoms with E-state index in [1.807, 2.05) is 0 Å². The fourth-order valence-corrected chi connectivity index (χ4v) is 2.57. The first kappa shape index (κ1) is 14.3. The van der Waals surface area contributed by atoms with Crippen LogP contribution in [0.15, 0.2) is 0 Å². The average molecular weight is 249 g/mol. The van der Waals surface area contributed by atoms with E-state index < -0.39 is 12.2 Å². The number of nitrogens with one attached hydrogen (secondary N) is 1. The molecule has 0 spiro atoms. The summed E-state index contributed by atoms with van der Waals surface area (Å²) >= 11 is 1.76. The number of aliphatic hydroxyl groups is 2. The zero-order chi connectivity index (χ0) is 11.8. The Morgan fingerprint density at radius 2 is 2.19 bits per heavy atom. The Kier molecular flexibility index (Phi) is 7.40. The van der Waals surface area contributed by atoms with E-state index in [9.17, 15) is 10.2 Å². The summed E-state index contributed by atoms with van der Waals surface area (Å²) in [6.45, 7) is 4.52. The molecule has 1 aliphatic heterocycles. The second kappa shape index (κ2) is 8.31. The number of thioether (sulfide) groups is 1. The van der Waals surface area contributed by atoms with Gasteiger partial charge in [-0.05, 0) is 13.0 Å². The van der Waals surface area contributed by atoms with Crippen molar-refractivity contribution < 1.29 is 14.9 Å². The standard InChI is InChI=1S/C11H23NO3S/c1-2-3-4-12-5-6-16-8-10-11(14)9(13)7-15-10/h9-14H,2-8H2,1H3. The SMILES string of the molecule is CCCCNCCSCC1OCC(O)C1O. The van der Waals surface area contributed by atoms with Crippen molar-refractivity contribution in [1.29, 1.82) is 0 Å². The number of hydrogen-bond donors (Lipinski definition) is 3. The molecular weight excluding hydrogens is 226 g/mol. The highest BCUT2D eigenvalue weighted by Crippen LogP contribution is 2.18. The molecule has 0 aliphatic carbocycles. The van der Waals surface area contributed by atoms with Gasteiger partial charge < -0.3 is 20.3 Å². The van der Waals surface area contributed by atoms with Crippen molar-refractivity contribution in [3.63, 3.8) is 0 Å². The fourth-order valence-electron chi connectivity index (χ4n) is 1.58. The zero-order valence-corrected chi connectivity index (χ0v) is 10.7. The number of aliphatic hydroxyl groups excluding tert-OH is 2. The van der Waals surface area contributed by atoms with Gasteiger partial charge in [-0.1, -0.05) is 13.3 Å². The molecule has 3 unspecified atom stereocenters. The van der Waals surface area contributed by atoms with Gasteiger partial charge in [0.15, 0.2) is 0 Å². The van der Waals surface area contributed by atoms with Crippen molar-refractivity contribution in [3.8, 4) is 0 Å². The van der Waals surface area contributed by atoms with Crippen molar-refractivity contribution in [2.45, 2.75) is 38.1 Å². The molecule has 4 nitrogen and oxygen atoms in total. The van der Waals surface area contributed by atoms with Gasteiger partial charge in [-0.2, -0.15) is 11.8 Å². The molecule has 1 rings (SSSR count). The van der Waals surface area contributed by atoms with Gasteiger partial charge in [0.25, 0.3) is 0 Å². The van der Waals surface area contributed by atoms with E-state index in [0.29, 0.717) is 0 Å². The van der Waals surface area contributed by atoms with Gasteiger partial charge in [-0.25, -0.2) is 0 Å². The molecule has 16 heavy (non-hydrogen) atoms. The van der Waals surface area contributed by atoms with E-state index in [1.165, 1.54) is 12.8 Å². The van der Waals surface area contributed by atoms with Crippen LogP contribution in [0.5, 0.6) is 0 Å². The molecule has 0 amide bonds. The maximum atomic E-state index is 9.53. The second-order valence-corrected chi connectivity index (χ2v) is 5.26. The van der Waals surface area contributed by atoms with Crippen molar-refractivity contribution in [1.82, 2.24) is 5.32 Å². The highest BCUT2D eigenvalue weighted by atomic mass is 32.2. The molecule has 0 radical (unpaired) electrons. The quantitative estimate of drug-likeness (QED) is 0.538. The van der Waals surface area contributed by atoms with E-state index in [0.717, 1.165) is 24.6 Å². The van der Waals surface area contributed by atoms with Crippen molar-refractivity contribution in [2.75, 3.05) is 31.2 Å². The number of rotatable bonds is 8. The Morgan fingerprint density at radius 3 is 2.81 bits per heavy atom. The largest absolute Gasteiger partial charge is 0.388 e. The van der Waals surface area contributed by atoms with Crippen LogP contribution >= 0.6 is 11.8 Å². The smallest absolute Gasteiger partial charge is 0.109 e. The Hall–Kier alpha value is 0.190. The molecule has 0 aromatic heterocycles. The first-order valence-corrected chi connectivity index (χ1v) is 7.17. The lowest BCUT2D eigenvalue weighted by Crippen LogP contribution is -2.31. The van der Waals surface area contributed by atoms with Crippen molar-refractivity contribution in [2.24, 2.45) is 0 Å². The summed E-state index contributed by atoms with van der Waals surface area (Å²) in [7, 11) is 0. The minimum Gasteiger partial charge on any atom is -0.388 e. The van der Waals surface area contributed by atoms with Crippen LogP contribution in [0.3, 0.4) is 0 Å². The highest BCUT2D eigenvalue weighted by molar-refractivity contribution is 7.99. The van der Waals surface area contributed by atoms with Crippen LogP contribution in [0.2, 0.25) is 0 Å². The summed E-state index contributed by atoms with van der Waals surface area (Å²) in [5.41, 5.74) is 0. The van der Waals surface area contributed by atoms with Crippen LogP contribution < -0.4 is 5.32 Å². The van der Waals surface area contributed by atoms with Gasteiger partial charge in [0.05, 0.1) is 12.7 Å². The van der Waals surface area contributed by atoms with E-state index in [4.69, 9.17) is 4.74 Å². The fraction of sp³-hybridized carbons (Fsp3) is 1.00. The van der Waals surface area contributed by atoms with Gasteiger partial charge in [-0.3, -0.25) is 0 Å². The minimum absolute atomic E-state index is 0.198. The molecule has 0 aromatic carbocycles. The lowest BCUT2D eigenvalue weighted by Gasteiger charge is -2.14. The number of unbranched alkanes of at least 4 members (excludes halogenated alkanes) is 1. The first-order chi connectivity index (χ1) is 7.75. The molecule has 96 valence electrons. The molecule has 3 N–H and O–H groups in total. The molecule has 0 bridgehead atoms. The number of ether oxygens (including phenoxy) is 1. The molecule has 5 heteroatoms. The maximum Gasteiger partial charge on any atom is 0.109 e. The molecule has 1 heterocycles. The molecule has 0 saturated carbocycles. The highest BCUT2D eigenvalue weighted by Gasteiger charge is 2.33. The molecular formula is C11H23NO3S. The molecule has 1 saturated heterocycles. The van der Waals surface area contributed by atoms with Gasteiger partial charge in [0.2, 0.25) is 0 Å². The third-order valence-corrected chi connectivity index (χ3v) is 3.73. The minimum atomic E-state index is -0.708. The van der Waals surface area contributed by atoms with E-state index in [-0.39, 0.29) is 12.7 Å². The van der Waals surface area contributed by atoms with Crippen LogP contribution in [0.4, 0.5) is 0 Å².